The number of non-ortho nitro benzene ring substituents is 1. The Morgan fingerprint density at radius 2 is 1.55 bits per heavy atom. The quantitative estimate of drug-likeness (QED) is 0.0955. The van der Waals surface area contributed by atoms with Gasteiger partial charge < -0.3 is 10.6 Å². The monoisotopic (exact) mass is 616 g/mol. The third-order valence-electron chi connectivity index (χ3n) is 6.81. The van der Waals surface area contributed by atoms with E-state index in [0.717, 1.165) is 32.5 Å². The molecule has 10 heteroatoms. The van der Waals surface area contributed by atoms with Crippen molar-refractivity contribution in [3.8, 4) is 11.3 Å². The number of amides is 2. The van der Waals surface area contributed by atoms with Crippen LogP contribution in [0.3, 0.4) is 0 Å². The summed E-state index contributed by atoms with van der Waals surface area (Å²) < 4.78 is 0. The summed E-state index contributed by atoms with van der Waals surface area (Å²) in [6.45, 7) is 0. The molecule has 2 N–H and O–H groups in total. The van der Waals surface area contributed by atoms with Crippen LogP contribution < -0.4 is 10.6 Å². The second-order valence-electron chi connectivity index (χ2n) is 9.78. The number of carbonyl (C=O) groups excluding carboxylic acids is 2. The zero-order valence-electron chi connectivity index (χ0n) is 23.0. The molecule has 0 saturated heterocycles. The van der Waals surface area contributed by atoms with Gasteiger partial charge in [0.25, 0.3) is 11.6 Å². The zero-order valence-corrected chi connectivity index (χ0v) is 24.7. The van der Waals surface area contributed by atoms with E-state index in [1.54, 1.807) is 18.2 Å². The van der Waals surface area contributed by atoms with E-state index in [2.05, 4.69) is 34.9 Å². The van der Waals surface area contributed by atoms with Crippen LogP contribution in [0.15, 0.2) is 132 Å². The van der Waals surface area contributed by atoms with E-state index >= 15 is 0 Å². The molecule has 0 aliphatic carbocycles. The van der Waals surface area contributed by atoms with E-state index < -0.39 is 16.1 Å². The number of benzene rings is 5. The van der Waals surface area contributed by atoms with Gasteiger partial charge >= 0.3 is 0 Å². The Balaban J connectivity index is 1.18. The second kappa shape index (κ2) is 12.9. The minimum atomic E-state index is -0.593. The molecule has 0 radical (unpaired) electrons. The normalized spacial score (nSPS) is 11.5. The van der Waals surface area contributed by atoms with Crippen molar-refractivity contribution in [2.75, 3.05) is 10.6 Å². The zero-order chi connectivity index (χ0) is 30.5. The van der Waals surface area contributed by atoms with Crippen LogP contribution in [0.25, 0.3) is 22.0 Å². The van der Waals surface area contributed by atoms with Crippen LogP contribution in [0.5, 0.6) is 0 Å². The number of rotatable bonds is 9. The van der Waals surface area contributed by atoms with Gasteiger partial charge in [-0.25, -0.2) is 4.98 Å². The first-order valence-electron chi connectivity index (χ1n) is 13.6. The number of anilines is 2. The highest BCUT2D eigenvalue weighted by Crippen LogP contribution is 2.38. The molecule has 6 rings (SSSR count). The van der Waals surface area contributed by atoms with Gasteiger partial charge in [-0.05, 0) is 52.7 Å². The standard InChI is InChI=1S/C34H24N4O4S2/c39-32(24-15-17-28(18-16-24)38(41)42)35-27-11-6-12-29(20-27)44-31(23-8-2-1-3-9-23)33(40)37-34-36-30(21-43-34)26-14-13-22-7-4-5-10-25(22)19-26/h1-21,31H,(H,35,39)(H,36,37,40). The van der Waals surface area contributed by atoms with E-state index in [1.165, 1.54) is 47.4 Å². The van der Waals surface area contributed by atoms with Gasteiger partial charge in [-0.15, -0.1) is 23.1 Å². The molecular weight excluding hydrogens is 593 g/mol. The average Bonchev–Trinajstić information content (AvgIpc) is 3.52. The van der Waals surface area contributed by atoms with Crippen molar-refractivity contribution >= 4 is 62.2 Å². The van der Waals surface area contributed by atoms with Crippen molar-refractivity contribution in [3.63, 3.8) is 0 Å². The van der Waals surface area contributed by atoms with E-state index in [-0.39, 0.29) is 11.6 Å². The predicted octanol–water partition coefficient (Wildman–Crippen LogP) is 8.60. The first kappa shape index (κ1) is 28.8. The van der Waals surface area contributed by atoms with Crippen LogP contribution in [0.1, 0.15) is 21.2 Å². The van der Waals surface area contributed by atoms with E-state index in [4.69, 9.17) is 4.98 Å². The minimum Gasteiger partial charge on any atom is -0.322 e. The van der Waals surface area contributed by atoms with E-state index in [0.29, 0.717) is 16.4 Å². The number of fused-ring (bicyclic) bond motifs is 1. The lowest BCUT2D eigenvalue weighted by Crippen LogP contribution is -2.19. The largest absolute Gasteiger partial charge is 0.322 e. The number of nitro groups is 1. The van der Waals surface area contributed by atoms with Crippen LogP contribution in [0.2, 0.25) is 0 Å². The lowest BCUT2D eigenvalue weighted by atomic mass is 10.1. The lowest BCUT2D eigenvalue weighted by Gasteiger charge is -2.17. The molecular formula is C34H24N4O4S2. The minimum absolute atomic E-state index is 0.0900. The van der Waals surface area contributed by atoms with Gasteiger partial charge in [0.15, 0.2) is 5.13 Å². The fourth-order valence-corrected chi connectivity index (χ4v) is 6.41. The van der Waals surface area contributed by atoms with Crippen molar-refractivity contribution in [1.82, 2.24) is 4.98 Å². The highest BCUT2D eigenvalue weighted by atomic mass is 32.2. The SMILES string of the molecule is O=C(Nc1cccc(SC(C(=O)Nc2nc(-c3ccc4ccccc4c3)cs2)c2ccccc2)c1)c1ccc([N+](=O)[O-])cc1. The summed E-state index contributed by atoms with van der Waals surface area (Å²) in [5, 5.41) is 20.9. The number of carbonyl (C=O) groups is 2. The first-order chi connectivity index (χ1) is 21.4. The van der Waals surface area contributed by atoms with Gasteiger partial charge in [0.05, 0.1) is 10.6 Å². The number of nitro benzene ring substituents is 1. The van der Waals surface area contributed by atoms with Crippen LogP contribution in [-0.4, -0.2) is 21.7 Å². The van der Waals surface area contributed by atoms with Gasteiger partial charge in [0.2, 0.25) is 5.91 Å². The van der Waals surface area contributed by atoms with E-state index in [9.17, 15) is 19.7 Å². The molecule has 6 aromatic rings. The van der Waals surface area contributed by atoms with Crippen LogP contribution >= 0.6 is 23.1 Å². The molecule has 216 valence electrons. The number of nitrogens with zero attached hydrogens (tertiary/aromatic N) is 2. The summed E-state index contributed by atoms with van der Waals surface area (Å²) in [5.74, 6) is -0.619. The Morgan fingerprint density at radius 3 is 2.32 bits per heavy atom. The van der Waals surface area contributed by atoms with Crippen molar-refractivity contribution < 1.29 is 14.5 Å². The van der Waals surface area contributed by atoms with Gasteiger partial charge in [-0.1, -0.05) is 72.8 Å². The summed E-state index contributed by atoms with van der Waals surface area (Å²) in [6.07, 6.45) is 0. The molecule has 1 atom stereocenters. The molecule has 1 unspecified atom stereocenters. The van der Waals surface area contributed by atoms with Crippen molar-refractivity contribution in [2.45, 2.75) is 10.1 Å². The first-order valence-corrected chi connectivity index (χ1v) is 15.3. The molecule has 0 aliphatic heterocycles. The lowest BCUT2D eigenvalue weighted by molar-refractivity contribution is -0.384. The van der Waals surface area contributed by atoms with Gasteiger partial charge in [0, 0.05) is 39.2 Å². The summed E-state index contributed by atoms with van der Waals surface area (Å²) in [6, 6.07) is 36.4. The topological polar surface area (TPSA) is 114 Å². The summed E-state index contributed by atoms with van der Waals surface area (Å²) in [4.78, 5) is 42.3. The molecule has 1 aromatic heterocycles. The highest BCUT2D eigenvalue weighted by molar-refractivity contribution is 8.00. The highest BCUT2D eigenvalue weighted by Gasteiger charge is 2.23. The summed E-state index contributed by atoms with van der Waals surface area (Å²) >= 11 is 2.72. The van der Waals surface area contributed by atoms with Crippen LogP contribution in [0, 0.1) is 10.1 Å². The van der Waals surface area contributed by atoms with Crippen LogP contribution in [-0.2, 0) is 4.79 Å². The van der Waals surface area contributed by atoms with Gasteiger partial charge in [-0.2, -0.15) is 0 Å². The Bertz CT molecular complexity index is 1980. The summed E-state index contributed by atoms with van der Waals surface area (Å²) in [7, 11) is 0. The number of nitrogens with one attached hydrogen (secondary N) is 2. The Morgan fingerprint density at radius 1 is 0.795 bits per heavy atom. The molecule has 2 amide bonds. The molecule has 5 aromatic carbocycles. The van der Waals surface area contributed by atoms with E-state index in [1.807, 2.05) is 60.0 Å². The maximum Gasteiger partial charge on any atom is 0.269 e. The van der Waals surface area contributed by atoms with Crippen molar-refractivity contribution in [3.05, 3.63) is 148 Å². The second-order valence-corrected chi connectivity index (χ2v) is 11.8. The Hall–Kier alpha value is -5.32. The van der Waals surface area contributed by atoms with Gasteiger partial charge in [0.1, 0.15) is 5.25 Å². The maximum absolute atomic E-state index is 13.7. The number of thioether (sulfide) groups is 1. The fraction of sp³-hybridized carbons (Fsp3) is 0.0294. The smallest absolute Gasteiger partial charge is 0.269 e. The average molecular weight is 617 g/mol. The molecule has 0 bridgehead atoms. The maximum atomic E-state index is 13.7. The Labute approximate surface area is 260 Å². The van der Waals surface area contributed by atoms with Gasteiger partial charge in [-0.3, -0.25) is 19.7 Å². The number of hydrogen-bond donors (Lipinski definition) is 2. The van der Waals surface area contributed by atoms with Crippen molar-refractivity contribution in [1.29, 1.82) is 0 Å². The summed E-state index contributed by atoms with van der Waals surface area (Å²) in [5.41, 5.74) is 3.32. The molecule has 0 saturated carbocycles. The molecule has 1 heterocycles. The Kier molecular flexibility index (Phi) is 8.44. The molecule has 0 aliphatic rings. The fourth-order valence-electron chi connectivity index (χ4n) is 4.61. The molecule has 0 spiro atoms. The third kappa shape index (κ3) is 6.67. The number of thiazole rings is 1. The number of aromatic nitrogens is 1. The number of hydrogen-bond acceptors (Lipinski definition) is 7. The molecule has 8 nitrogen and oxygen atoms in total. The molecule has 0 fully saturated rings. The predicted molar refractivity (Wildman–Crippen MR) is 176 cm³/mol. The third-order valence-corrected chi connectivity index (χ3v) is 8.81. The molecule has 44 heavy (non-hydrogen) atoms. The van der Waals surface area contributed by atoms with Crippen LogP contribution in [0.4, 0.5) is 16.5 Å². The van der Waals surface area contributed by atoms with Crippen molar-refractivity contribution in [2.24, 2.45) is 0 Å².